The number of β-amino-alcohol motifs (C(OH)–C–C–N with tert-alkyl or cyclic N) is 1. The molecule has 8 nitrogen and oxygen atoms in total. The van der Waals surface area contributed by atoms with Gasteiger partial charge >= 0.3 is 0 Å². The first-order valence-electron chi connectivity index (χ1n) is 9.44. The van der Waals surface area contributed by atoms with Crippen LogP contribution < -0.4 is 9.64 Å². The number of aliphatic hydroxyl groups excluding tert-OH is 1. The molecule has 0 unspecified atom stereocenters. The molecule has 2 aromatic heterocycles. The van der Waals surface area contributed by atoms with Gasteiger partial charge in [0.2, 0.25) is 5.95 Å². The Balaban J connectivity index is 1.80. The molecule has 8 heteroatoms. The van der Waals surface area contributed by atoms with Crippen molar-refractivity contribution >= 4 is 5.95 Å². The number of aryl methyl sites for hydroxylation is 1. The van der Waals surface area contributed by atoms with E-state index in [0.717, 1.165) is 40.4 Å². The minimum atomic E-state index is -0.351. The van der Waals surface area contributed by atoms with Crippen LogP contribution in [0.3, 0.4) is 0 Å². The Hall–Kier alpha value is -3.44. The smallest absolute Gasteiger partial charge is 0.225 e. The molecule has 0 bridgehead atoms. The second-order valence-corrected chi connectivity index (χ2v) is 7.12. The zero-order valence-corrected chi connectivity index (χ0v) is 16.4. The molecule has 0 spiro atoms. The van der Waals surface area contributed by atoms with Crippen LogP contribution in [0.15, 0.2) is 36.7 Å². The summed E-state index contributed by atoms with van der Waals surface area (Å²) in [5.41, 5.74) is 4.21. The first-order valence-corrected chi connectivity index (χ1v) is 9.44. The summed E-state index contributed by atoms with van der Waals surface area (Å²) >= 11 is 0. The summed E-state index contributed by atoms with van der Waals surface area (Å²) in [7, 11) is 1.63. The first-order chi connectivity index (χ1) is 14.1. The van der Waals surface area contributed by atoms with E-state index in [1.807, 2.05) is 42.3 Å². The van der Waals surface area contributed by atoms with Gasteiger partial charge in [-0.25, -0.2) is 9.97 Å². The van der Waals surface area contributed by atoms with Gasteiger partial charge in [-0.2, -0.15) is 10.4 Å². The van der Waals surface area contributed by atoms with Crippen LogP contribution in [0.4, 0.5) is 5.95 Å². The molecule has 3 heterocycles. The van der Waals surface area contributed by atoms with Crippen LogP contribution in [0, 0.1) is 18.3 Å². The molecule has 0 radical (unpaired) electrons. The fourth-order valence-corrected chi connectivity index (χ4v) is 3.55. The van der Waals surface area contributed by atoms with Crippen molar-refractivity contribution < 1.29 is 9.84 Å². The Morgan fingerprint density at radius 2 is 2.21 bits per heavy atom. The Labute approximate surface area is 169 Å². The monoisotopic (exact) mass is 390 g/mol. The fraction of sp³-hybridized carbons (Fsp3) is 0.333. The highest BCUT2D eigenvalue weighted by Gasteiger charge is 2.23. The summed E-state index contributed by atoms with van der Waals surface area (Å²) in [5, 5.41) is 23.6. The average Bonchev–Trinajstić information content (AvgIpc) is 3.34. The number of anilines is 1. The van der Waals surface area contributed by atoms with Crippen LogP contribution in [0.2, 0.25) is 0 Å². The van der Waals surface area contributed by atoms with Crippen molar-refractivity contribution in [2.24, 2.45) is 0 Å². The van der Waals surface area contributed by atoms with E-state index in [4.69, 9.17) is 15.0 Å². The fourth-order valence-electron chi connectivity index (χ4n) is 3.55. The zero-order chi connectivity index (χ0) is 20.4. The molecule has 29 heavy (non-hydrogen) atoms. The van der Waals surface area contributed by atoms with Crippen molar-refractivity contribution in [2.45, 2.75) is 26.0 Å². The Bertz CT molecular complexity index is 1070. The molecule has 148 valence electrons. The van der Waals surface area contributed by atoms with Crippen molar-refractivity contribution in [3.05, 3.63) is 42.2 Å². The molecule has 0 aliphatic carbocycles. The predicted molar refractivity (Wildman–Crippen MR) is 108 cm³/mol. The lowest BCUT2D eigenvalue weighted by Gasteiger charge is -2.15. The van der Waals surface area contributed by atoms with Gasteiger partial charge in [0.05, 0.1) is 25.0 Å². The lowest BCUT2D eigenvalue weighted by molar-refractivity contribution is 0.198. The van der Waals surface area contributed by atoms with Crippen LogP contribution in [0.5, 0.6) is 5.75 Å². The third-order valence-electron chi connectivity index (χ3n) is 4.92. The van der Waals surface area contributed by atoms with Crippen molar-refractivity contribution in [3.8, 4) is 34.3 Å². The maximum absolute atomic E-state index is 9.82. The summed E-state index contributed by atoms with van der Waals surface area (Å²) in [5.74, 6) is 1.33. The number of rotatable bonds is 5. The summed E-state index contributed by atoms with van der Waals surface area (Å²) in [6, 6.07) is 9.88. The third-order valence-corrected chi connectivity index (χ3v) is 4.92. The Kier molecular flexibility index (Phi) is 5.14. The van der Waals surface area contributed by atoms with Gasteiger partial charge in [0.1, 0.15) is 18.0 Å². The molecule has 4 rings (SSSR count). The van der Waals surface area contributed by atoms with Gasteiger partial charge in [-0.1, -0.05) is 0 Å². The van der Waals surface area contributed by atoms with E-state index in [0.29, 0.717) is 18.9 Å². The molecule has 0 amide bonds. The Morgan fingerprint density at radius 3 is 2.93 bits per heavy atom. The van der Waals surface area contributed by atoms with Crippen LogP contribution in [-0.4, -0.2) is 51.2 Å². The Morgan fingerprint density at radius 1 is 1.34 bits per heavy atom. The van der Waals surface area contributed by atoms with E-state index in [1.165, 1.54) is 0 Å². The van der Waals surface area contributed by atoms with Crippen molar-refractivity contribution in [2.75, 3.05) is 25.1 Å². The van der Waals surface area contributed by atoms with E-state index >= 15 is 0 Å². The molecule has 0 saturated carbocycles. The average molecular weight is 390 g/mol. The lowest BCUT2D eigenvalue weighted by Crippen LogP contribution is -2.23. The molecule has 1 saturated heterocycles. The minimum absolute atomic E-state index is 0.145. The molecule has 3 aromatic rings. The van der Waals surface area contributed by atoms with E-state index in [9.17, 15) is 5.11 Å². The van der Waals surface area contributed by atoms with Gasteiger partial charge in [-0.15, -0.1) is 0 Å². The standard InChI is InChI=1S/C21H22N6O2/c1-14-9-15(11-17(10-14)29-2)20-18(13-27(25-20)8-5-22)19-3-6-23-21(24-19)26-7-4-16(28)12-26/h3,6,9-11,13,16,28H,4,7-8,12H2,1-2H3/t16-/m0/s1. The number of hydrogen-bond donors (Lipinski definition) is 1. The largest absolute Gasteiger partial charge is 0.497 e. The normalized spacial score (nSPS) is 16.1. The summed E-state index contributed by atoms with van der Waals surface area (Å²) in [6.45, 7) is 3.39. The number of aliphatic hydroxyl groups is 1. The van der Waals surface area contributed by atoms with Gasteiger partial charge in [-0.3, -0.25) is 4.68 Å². The van der Waals surface area contributed by atoms with Crippen molar-refractivity contribution in [1.29, 1.82) is 5.26 Å². The van der Waals surface area contributed by atoms with E-state index in [-0.39, 0.29) is 12.6 Å². The quantitative estimate of drug-likeness (QED) is 0.714. The van der Waals surface area contributed by atoms with Crippen LogP contribution in [0.1, 0.15) is 12.0 Å². The minimum Gasteiger partial charge on any atom is -0.497 e. The number of nitrogens with zero attached hydrogens (tertiary/aromatic N) is 6. The number of hydrogen-bond acceptors (Lipinski definition) is 7. The highest BCUT2D eigenvalue weighted by molar-refractivity contribution is 5.79. The van der Waals surface area contributed by atoms with Crippen LogP contribution in [-0.2, 0) is 6.54 Å². The van der Waals surface area contributed by atoms with Crippen molar-refractivity contribution in [3.63, 3.8) is 0 Å². The number of nitriles is 1. The molecule has 1 atom stereocenters. The molecule has 1 aliphatic rings. The number of benzene rings is 1. The third kappa shape index (κ3) is 3.91. The highest BCUT2D eigenvalue weighted by atomic mass is 16.5. The molecule has 1 aliphatic heterocycles. The summed E-state index contributed by atoms with van der Waals surface area (Å²) in [6.07, 6.45) is 3.90. The van der Waals surface area contributed by atoms with E-state index in [2.05, 4.69) is 16.2 Å². The lowest BCUT2D eigenvalue weighted by atomic mass is 10.0. The molecule has 1 fully saturated rings. The highest BCUT2D eigenvalue weighted by Crippen LogP contribution is 2.33. The molecular formula is C21H22N6O2. The van der Waals surface area contributed by atoms with E-state index in [1.54, 1.807) is 18.0 Å². The van der Waals surface area contributed by atoms with Gasteiger partial charge in [-0.05, 0) is 43.2 Å². The topological polar surface area (TPSA) is 100 Å². The van der Waals surface area contributed by atoms with Crippen LogP contribution in [0.25, 0.3) is 22.5 Å². The zero-order valence-electron chi connectivity index (χ0n) is 16.4. The molecule has 1 aromatic carbocycles. The maximum Gasteiger partial charge on any atom is 0.225 e. The van der Waals surface area contributed by atoms with Gasteiger partial charge in [0.15, 0.2) is 0 Å². The molecule has 1 N–H and O–H groups in total. The van der Waals surface area contributed by atoms with Gasteiger partial charge in [0.25, 0.3) is 0 Å². The molecular weight excluding hydrogens is 368 g/mol. The number of ether oxygens (including phenoxy) is 1. The summed E-state index contributed by atoms with van der Waals surface area (Å²) in [4.78, 5) is 11.1. The van der Waals surface area contributed by atoms with Gasteiger partial charge < -0.3 is 14.7 Å². The van der Waals surface area contributed by atoms with Crippen molar-refractivity contribution in [1.82, 2.24) is 19.7 Å². The number of methoxy groups -OCH3 is 1. The van der Waals surface area contributed by atoms with E-state index < -0.39 is 0 Å². The second kappa shape index (κ2) is 7.89. The second-order valence-electron chi connectivity index (χ2n) is 7.12. The SMILES string of the molecule is COc1cc(C)cc(-c2nn(CC#N)cc2-c2ccnc(N3CC[C@H](O)C3)n2)c1. The van der Waals surface area contributed by atoms with Gasteiger partial charge in [0, 0.05) is 36.6 Å². The maximum atomic E-state index is 9.82. The number of aromatic nitrogens is 4. The first kappa shape index (κ1) is 18.9. The predicted octanol–water partition coefficient (Wildman–Crippen LogP) is 2.42. The van der Waals surface area contributed by atoms with Crippen LogP contribution >= 0.6 is 0 Å². The summed E-state index contributed by atoms with van der Waals surface area (Å²) < 4.78 is 7.02.